The van der Waals surface area contributed by atoms with E-state index >= 15 is 0 Å². The summed E-state index contributed by atoms with van der Waals surface area (Å²) in [4.78, 5) is 0.186. The Morgan fingerprint density at radius 3 is 2.65 bits per heavy atom. The number of nitrogens with one attached hydrogen (secondary N) is 2. The molecule has 0 aliphatic heterocycles. The summed E-state index contributed by atoms with van der Waals surface area (Å²) < 4.78 is 25.2. The van der Waals surface area contributed by atoms with E-state index in [4.69, 9.17) is 17.3 Å². The molecule has 3 N–H and O–H groups in total. The number of nitrogens with zero attached hydrogens (tertiary/aromatic N) is 1. The molecule has 0 aliphatic rings. The highest BCUT2D eigenvalue weighted by atomic mass is 32.2. The van der Waals surface area contributed by atoms with Crippen LogP contribution in [-0.2, 0) is 10.0 Å². The summed E-state index contributed by atoms with van der Waals surface area (Å²) in [5.41, 5.74) is 0.566. The molecule has 0 bridgehead atoms. The number of hydrogen-bond donors (Lipinski definition) is 3. The van der Waals surface area contributed by atoms with E-state index < -0.39 is 16.1 Å². The van der Waals surface area contributed by atoms with E-state index in [0.717, 1.165) is 4.31 Å². The average molecular weight is 317 g/mol. The summed E-state index contributed by atoms with van der Waals surface area (Å²) in [6.45, 7) is 1.96. The van der Waals surface area contributed by atoms with Gasteiger partial charge in [-0.25, -0.2) is 12.7 Å². The van der Waals surface area contributed by atoms with Crippen LogP contribution in [0.15, 0.2) is 29.2 Å². The van der Waals surface area contributed by atoms with Crippen LogP contribution in [0.2, 0.25) is 0 Å². The molecule has 0 saturated heterocycles. The third kappa shape index (κ3) is 4.71. The van der Waals surface area contributed by atoms with Crippen molar-refractivity contribution in [2.45, 2.75) is 17.9 Å². The van der Waals surface area contributed by atoms with Crippen molar-refractivity contribution in [3.63, 3.8) is 0 Å². The molecule has 0 aromatic heterocycles. The Hall–Kier alpha value is -1.22. The molecule has 1 atom stereocenters. The second-order valence-electron chi connectivity index (χ2n) is 4.50. The van der Waals surface area contributed by atoms with Crippen LogP contribution in [-0.4, -0.2) is 49.7 Å². The van der Waals surface area contributed by atoms with Crippen LogP contribution in [0.25, 0.3) is 0 Å². The van der Waals surface area contributed by atoms with Crippen molar-refractivity contribution >= 4 is 33.0 Å². The van der Waals surface area contributed by atoms with Gasteiger partial charge in [0.05, 0.1) is 11.0 Å². The Morgan fingerprint density at radius 2 is 2.10 bits per heavy atom. The van der Waals surface area contributed by atoms with Crippen molar-refractivity contribution in [3.05, 3.63) is 24.3 Å². The molecule has 6 nitrogen and oxygen atoms in total. The second kappa shape index (κ2) is 6.98. The van der Waals surface area contributed by atoms with Gasteiger partial charge in [0.2, 0.25) is 10.0 Å². The molecule has 0 saturated carbocycles. The third-order valence-electron chi connectivity index (χ3n) is 2.43. The number of hydrogen-bond acceptors (Lipinski definition) is 4. The number of thiocarbonyl (C=S) groups is 1. The lowest BCUT2D eigenvalue weighted by molar-refractivity contribution is 0.198. The number of sulfonamides is 1. The second-order valence-corrected chi connectivity index (χ2v) is 7.06. The molecule has 1 aromatic carbocycles. The van der Waals surface area contributed by atoms with Gasteiger partial charge in [0.15, 0.2) is 5.11 Å². The first-order valence-electron chi connectivity index (χ1n) is 5.99. The molecular weight excluding hydrogens is 298 g/mol. The van der Waals surface area contributed by atoms with Crippen LogP contribution >= 0.6 is 12.2 Å². The Labute approximate surface area is 124 Å². The topological polar surface area (TPSA) is 81.7 Å². The first-order chi connectivity index (χ1) is 9.23. The fourth-order valence-corrected chi connectivity index (χ4v) is 2.51. The van der Waals surface area contributed by atoms with E-state index in [1.54, 1.807) is 19.1 Å². The Bertz CT molecular complexity index is 571. The quantitative estimate of drug-likeness (QED) is 0.690. The summed E-state index contributed by atoms with van der Waals surface area (Å²) in [5.74, 6) is 0. The summed E-state index contributed by atoms with van der Waals surface area (Å²) >= 11 is 5.05. The molecule has 0 heterocycles. The van der Waals surface area contributed by atoms with E-state index in [-0.39, 0.29) is 4.90 Å². The van der Waals surface area contributed by atoms with E-state index in [1.807, 2.05) is 0 Å². The van der Waals surface area contributed by atoms with Gasteiger partial charge in [-0.15, -0.1) is 0 Å². The van der Waals surface area contributed by atoms with Gasteiger partial charge in [0.25, 0.3) is 0 Å². The molecular formula is C12H19N3O3S2. The van der Waals surface area contributed by atoms with E-state index in [2.05, 4.69) is 10.6 Å². The number of rotatable bonds is 5. The summed E-state index contributed by atoms with van der Waals surface area (Å²) in [5, 5.41) is 15.2. The van der Waals surface area contributed by atoms with Crippen LogP contribution in [0.1, 0.15) is 6.92 Å². The van der Waals surface area contributed by atoms with Gasteiger partial charge in [-0.2, -0.15) is 0 Å². The number of anilines is 1. The van der Waals surface area contributed by atoms with Crippen LogP contribution in [0, 0.1) is 0 Å². The van der Waals surface area contributed by atoms with Crippen molar-refractivity contribution < 1.29 is 13.5 Å². The van der Waals surface area contributed by atoms with E-state index in [1.165, 1.54) is 26.2 Å². The highest BCUT2D eigenvalue weighted by Gasteiger charge is 2.17. The Morgan fingerprint density at radius 1 is 1.45 bits per heavy atom. The Balaban J connectivity index is 2.82. The molecule has 0 radical (unpaired) electrons. The standard InChI is InChI=1S/C12H19N3O3S2/c1-9(16)8-13-12(19)14-10-5-4-6-11(7-10)20(17,18)15(2)3/h4-7,9,16H,8H2,1-3H3,(H2,13,14,19)/t9-/m0/s1. The van der Waals surface area contributed by atoms with Crippen LogP contribution in [0.4, 0.5) is 5.69 Å². The molecule has 0 spiro atoms. The molecule has 20 heavy (non-hydrogen) atoms. The monoisotopic (exact) mass is 317 g/mol. The van der Waals surface area contributed by atoms with Crippen molar-refractivity contribution in [3.8, 4) is 0 Å². The van der Waals surface area contributed by atoms with Gasteiger partial charge in [0.1, 0.15) is 0 Å². The first kappa shape index (κ1) is 16.8. The molecule has 0 unspecified atom stereocenters. The van der Waals surface area contributed by atoms with Gasteiger partial charge in [0, 0.05) is 26.3 Å². The maximum absolute atomic E-state index is 12.0. The SMILES string of the molecule is C[C@H](O)CNC(=S)Nc1cccc(S(=O)(=O)N(C)C)c1. The largest absolute Gasteiger partial charge is 0.392 e. The van der Waals surface area contributed by atoms with Crippen molar-refractivity contribution in [2.75, 3.05) is 26.0 Å². The zero-order chi connectivity index (χ0) is 15.3. The molecule has 0 fully saturated rings. The zero-order valence-electron chi connectivity index (χ0n) is 11.6. The van der Waals surface area contributed by atoms with Crippen molar-refractivity contribution in [1.82, 2.24) is 9.62 Å². The minimum atomic E-state index is -3.47. The molecule has 0 aliphatic carbocycles. The van der Waals surface area contributed by atoms with Gasteiger partial charge in [-0.1, -0.05) is 6.07 Å². The highest BCUT2D eigenvalue weighted by molar-refractivity contribution is 7.89. The van der Waals surface area contributed by atoms with E-state index in [0.29, 0.717) is 17.3 Å². The van der Waals surface area contributed by atoms with Crippen LogP contribution in [0.5, 0.6) is 0 Å². The maximum Gasteiger partial charge on any atom is 0.242 e. The number of benzene rings is 1. The first-order valence-corrected chi connectivity index (χ1v) is 7.84. The Kier molecular flexibility index (Phi) is 5.88. The predicted octanol–water partition coefficient (Wildman–Crippen LogP) is 0.604. The predicted molar refractivity (Wildman–Crippen MR) is 83.2 cm³/mol. The van der Waals surface area contributed by atoms with Gasteiger partial charge in [-0.05, 0) is 37.3 Å². The summed E-state index contributed by atoms with van der Waals surface area (Å²) in [7, 11) is -0.518. The lowest BCUT2D eigenvalue weighted by Gasteiger charge is -2.14. The summed E-state index contributed by atoms with van der Waals surface area (Å²) in [6, 6.07) is 6.37. The lowest BCUT2D eigenvalue weighted by Crippen LogP contribution is -2.33. The highest BCUT2D eigenvalue weighted by Crippen LogP contribution is 2.17. The molecule has 8 heteroatoms. The van der Waals surface area contributed by atoms with Gasteiger partial charge in [-0.3, -0.25) is 0 Å². The molecule has 112 valence electrons. The lowest BCUT2D eigenvalue weighted by atomic mass is 10.3. The fraction of sp³-hybridized carbons (Fsp3) is 0.417. The number of aliphatic hydroxyl groups is 1. The average Bonchev–Trinajstić information content (AvgIpc) is 2.36. The van der Waals surface area contributed by atoms with Gasteiger partial charge >= 0.3 is 0 Å². The van der Waals surface area contributed by atoms with Crippen LogP contribution < -0.4 is 10.6 Å². The van der Waals surface area contributed by atoms with Crippen LogP contribution in [0.3, 0.4) is 0 Å². The zero-order valence-corrected chi connectivity index (χ0v) is 13.3. The fourth-order valence-electron chi connectivity index (χ4n) is 1.36. The third-order valence-corrected chi connectivity index (χ3v) is 4.49. The molecule has 1 rings (SSSR count). The minimum Gasteiger partial charge on any atom is -0.392 e. The number of aliphatic hydroxyl groups excluding tert-OH is 1. The van der Waals surface area contributed by atoms with Crippen molar-refractivity contribution in [2.24, 2.45) is 0 Å². The minimum absolute atomic E-state index is 0.186. The van der Waals surface area contributed by atoms with Gasteiger partial charge < -0.3 is 15.7 Å². The summed E-state index contributed by atoms with van der Waals surface area (Å²) in [6.07, 6.45) is -0.518. The molecule has 1 aromatic rings. The van der Waals surface area contributed by atoms with Crippen molar-refractivity contribution in [1.29, 1.82) is 0 Å². The normalized spacial score (nSPS) is 13.1. The maximum atomic E-state index is 12.0. The molecule has 0 amide bonds. The smallest absolute Gasteiger partial charge is 0.242 e. The van der Waals surface area contributed by atoms with E-state index in [9.17, 15) is 8.42 Å².